The Balaban J connectivity index is 1.34. The number of carbonyl (C=O) groups is 1. The monoisotopic (exact) mass is 440 g/mol. The fraction of sp³-hybridized carbons (Fsp3) is 0.348. The molecule has 1 saturated heterocycles. The van der Waals surface area contributed by atoms with Crippen LogP contribution < -0.4 is 4.74 Å². The number of hydrogen-bond acceptors (Lipinski definition) is 6. The molecule has 1 aliphatic rings. The second kappa shape index (κ2) is 9.94. The molecule has 2 heterocycles. The SMILES string of the molecule is CCc1nc(CN2CCN(C(=O)c3ccccc3OCc3ccc(Cl)cc3)CC2)no1. The Morgan fingerprint density at radius 2 is 1.84 bits per heavy atom. The van der Waals surface area contributed by atoms with Gasteiger partial charge in [-0.3, -0.25) is 9.69 Å². The highest BCUT2D eigenvalue weighted by atomic mass is 35.5. The Hall–Kier alpha value is -2.90. The number of hydrogen-bond donors (Lipinski definition) is 0. The zero-order valence-electron chi connectivity index (χ0n) is 17.5. The predicted molar refractivity (Wildman–Crippen MR) is 117 cm³/mol. The fourth-order valence-corrected chi connectivity index (χ4v) is 3.61. The van der Waals surface area contributed by atoms with Crippen LogP contribution in [-0.4, -0.2) is 52.0 Å². The summed E-state index contributed by atoms with van der Waals surface area (Å²) < 4.78 is 11.1. The van der Waals surface area contributed by atoms with Crippen molar-refractivity contribution in [3.05, 3.63) is 76.4 Å². The van der Waals surface area contributed by atoms with Crippen LogP contribution in [0, 0.1) is 0 Å². The minimum Gasteiger partial charge on any atom is -0.488 e. The minimum absolute atomic E-state index is 0.0146. The molecule has 0 aliphatic carbocycles. The molecule has 8 heteroatoms. The van der Waals surface area contributed by atoms with E-state index in [9.17, 15) is 4.79 Å². The molecule has 4 rings (SSSR count). The molecule has 0 unspecified atom stereocenters. The summed E-state index contributed by atoms with van der Waals surface area (Å²) in [5.41, 5.74) is 1.57. The summed E-state index contributed by atoms with van der Waals surface area (Å²) in [7, 11) is 0. The number of aromatic nitrogens is 2. The molecule has 162 valence electrons. The first kappa shape index (κ1) is 21.3. The third kappa shape index (κ3) is 5.42. The van der Waals surface area contributed by atoms with Gasteiger partial charge < -0.3 is 14.2 Å². The van der Waals surface area contributed by atoms with Crippen LogP contribution in [0.1, 0.15) is 34.6 Å². The van der Waals surface area contributed by atoms with E-state index in [1.807, 2.05) is 60.4 Å². The Kier molecular flexibility index (Phi) is 6.84. The van der Waals surface area contributed by atoms with Crippen molar-refractivity contribution in [3.8, 4) is 5.75 Å². The van der Waals surface area contributed by atoms with Crippen molar-refractivity contribution in [2.24, 2.45) is 0 Å². The van der Waals surface area contributed by atoms with E-state index >= 15 is 0 Å². The molecule has 1 fully saturated rings. The van der Waals surface area contributed by atoms with Crippen LogP contribution in [0.4, 0.5) is 0 Å². The van der Waals surface area contributed by atoms with Crippen LogP contribution in [0.2, 0.25) is 5.02 Å². The summed E-state index contributed by atoms with van der Waals surface area (Å²) in [5, 5.41) is 4.70. The third-order valence-corrected chi connectivity index (χ3v) is 5.51. The number of para-hydroxylation sites is 1. The number of benzene rings is 2. The van der Waals surface area contributed by atoms with Gasteiger partial charge in [0.25, 0.3) is 5.91 Å². The van der Waals surface area contributed by atoms with Gasteiger partial charge in [-0.15, -0.1) is 0 Å². The van der Waals surface area contributed by atoms with Gasteiger partial charge in [0.1, 0.15) is 12.4 Å². The van der Waals surface area contributed by atoms with Crippen molar-refractivity contribution in [3.63, 3.8) is 0 Å². The topological polar surface area (TPSA) is 71.7 Å². The Labute approximate surface area is 186 Å². The lowest BCUT2D eigenvalue weighted by Gasteiger charge is -2.34. The van der Waals surface area contributed by atoms with Crippen LogP contribution in [0.5, 0.6) is 5.75 Å². The molecule has 31 heavy (non-hydrogen) atoms. The molecule has 3 aromatic rings. The van der Waals surface area contributed by atoms with Crippen molar-refractivity contribution in [2.75, 3.05) is 26.2 Å². The van der Waals surface area contributed by atoms with Crippen molar-refractivity contribution >= 4 is 17.5 Å². The smallest absolute Gasteiger partial charge is 0.257 e. The first-order valence-corrected chi connectivity index (χ1v) is 10.8. The van der Waals surface area contributed by atoms with Gasteiger partial charge in [0.05, 0.1) is 12.1 Å². The van der Waals surface area contributed by atoms with E-state index in [4.69, 9.17) is 20.9 Å². The van der Waals surface area contributed by atoms with Crippen LogP contribution in [-0.2, 0) is 19.6 Å². The highest BCUT2D eigenvalue weighted by molar-refractivity contribution is 6.30. The molecule has 2 aromatic carbocycles. The van der Waals surface area contributed by atoms with Crippen molar-refractivity contribution in [2.45, 2.75) is 26.5 Å². The molecule has 0 spiro atoms. The molecular formula is C23H25ClN4O3. The minimum atomic E-state index is -0.0146. The normalized spacial score (nSPS) is 14.6. The van der Waals surface area contributed by atoms with Gasteiger partial charge in [-0.2, -0.15) is 4.98 Å². The summed E-state index contributed by atoms with van der Waals surface area (Å²) in [6, 6.07) is 14.9. The van der Waals surface area contributed by atoms with Gasteiger partial charge in [0, 0.05) is 37.6 Å². The number of carbonyl (C=O) groups excluding carboxylic acids is 1. The first-order valence-electron chi connectivity index (χ1n) is 10.4. The zero-order valence-corrected chi connectivity index (χ0v) is 18.2. The van der Waals surface area contributed by atoms with Gasteiger partial charge in [0.15, 0.2) is 5.82 Å². The van der Waals surface area contributed by atoms with Crippen LogP contribution in [0.3, 0.4) is 0 Å². The number of rotatable bonds is 7. The zero-order chi connectivity index (χ0) is 21.6. The molecule has 1 aliphatic heterocycles. The molecule has 0 saturated carbocycles. The maximum absolute atomic E-state index is 13.2. The van der Waals surface area contributed by atoms with E-state index in [0.29, 0.717) is 54.3 Å². The standard InChI is InChI=1S/C23H25ClN4O3/c1-2-22-25-21(26-31-22)15-27-11-13-28(14-12-27)23(29)19-5-3-4-6-20(19)30-16-17-7-9-18(24)10-8-17/h3-10H,2,11-16H2,1H3. The van der Waals surface area contributed by atoms with Gasteiger partial charge >= 0.3 is 0 Å². The molecule has 1 amide bonds. The average Bonchev–Trinajstić information content (AvgIpc) is 3.26. The lowest BCUT2D eigenvalue weighted by atomic mass is 10.1. The van der Waals surface area contributed by atoms with Crippen LogP contribution in [0.15, 0.2) is 53.1 Å². The number of halogens is 1. The average molecular weight is 441 g/mol. The first-order chi connectivity index (χ1) is 15.1. The van der Waals surface area contributed by atoms with Gasteiger partial charge in [0.2, 0.25) is 5.89 Å². The summed E-state index contributed by atoms with van der Waals surface area (Å²) in [4.78, 5) is 21.6. The summed E-state index contributed by atoms with van der Waals surface area (Å²) in [6.07, 6.45) is 0.731. The Bertz CT molecular complexity index is 1010. The highest BCUT2D eigenvalue weighted by Crippen LogP contribution is 2.22. The number of piperazine rings is 1. The molecule has 0 bridgehead atoms. The summed E-state index contributed by atoms with van der Waals surface area (Å²) in [5.74, 6) is 1.92. The van der Waals surface area contributed by atoms with Crippen LogP contribution >= 0.6 is 11.6 Å². The molecular weight excluding hydrogens is 416 g/mol. The molecule has 0 N–H and O–H groups in total. The number of nitrogens with zero attached hydrogens (tertiary/aromatic N) is 4. The lowest BCUT2D eigenvalue weighted by molar-refractivity contribution is 0.0620. The van der Waals surface area contributed by atoms with E-state index < -0.39 is 0 Å². The third-order valence-electron chi connectivity index (χ3n) is 5.26. The van der Waals surface area contributed by atoms with Crippen molar-refractivity contribution in [1.82, 2.24) is 19.9 Å². The maximum Gasteiger partial charge on any atom is 0.257 e. The van der Waals surface area contributed by atoms with Crippen molar-refractivity contribution in [1.29, 1.82) is 0 Å². The van der Waals surface area contributed by atoms with Crippen LogP contribution in [0.25, 0.3) is 0 Å². The summed E-state index contributed by atoms with van der Waals surface area (Å²) >= 11 is 5.94. The number of amides is 1. The molecule has 0 atom stereocenters. The highest BCUT2D eigenvalue weighted by Gasteiger charge is 2.25. The van der Waals surface area contributed by atoms with E-state index in [0.717, 1.165) is 25.1 Å². The largest absolute Gasteiger partial charge is 0.488 e. The van der Waals surface area contributed by atoms with E-state index in [1.54, 1.807) is 0 Å². The molecule has 0 radical (unpaired) electrons. The summed E-state index contributed by atoms with van der Waals surface area (Å²) in [6.45, 7) is 5.79. The Morgan fingerprint density at radius 3 is 2.55 bits per heavy atom. The van der Waals surface area contributed by atoms with Crippen molar-refractivity contribution < 1.29 is 14.1 Å². The van der Waals surface area contributed by atoms with E-state index in [2.05, 4.69) is 15.0 Å². The predicted octanol–water partition coefficient (Wildman–Crippen LogP) is 3.82. The fourth-order valence-electron chi connectivity index (χ4n) is 3.49. The van der Waals surface area contributed by atoms with E-state index in [-0.39, 0.29) is 5.91 Å². The van der Waals surface area contributed by atoms with Gasteiger partial charge in [-0.25, -0.2) is 0 Å². The van der Waals surface area contributed by atoms with E-state index in [1.165, 1.54) is 0 Å². The number of ether oxygens (including phenoxy) is 1. The molecule has 7 nitrogen and oxygen atoms in total. The van der Waals surface area contributed by atoms with Gasteiger partial charge in [-0.1, -0.05) is 47.9 Å². The maximum atomic E-state index is 13.2. The lowest BCUT2D eigenvalue weighted by Crippen LogP contribution is -2.48. The second-order valence-electron chi connectivity index (χ2n) is 7.44. The second-order valence-corrected chi connectivity index (χ2v) is 7.87. The Morgan fingerprint density at radius 1 is 1.10 bits per heavy atom. The quantitative estimate of drug-likeness (QED) is 0.556. The molecule has 1 aromatic heterocycles. The van der Waals surface area contributed by atoms with Gasteiger partial charge in [-0.05, 0) is 29.8 Å². The number of aryl methyl sites for hydroxylation is 1.